The predicted octanol–water partition coefficient (Wildman–Crippen LogP) is 3.49. The van der Waals surface area contributed by atoms with E-state index in [0.29, 0.717) is 12.8 Å². The summed E-state index contributed by atoms with van der Waals surface area (Å²) in [5.41, 5.74) is 1.61. The van der Waals surface area contributed by atoms with Gasteiger partial charge in [0.05, 0.1) is 5.41 Å². The summed E-state index contributed by atoms with van der Waals surface area (Å²) in [4.78, 5) is 26.4. The van der Waals surface area contributed by atoms with Crippen molar-refractivity contribution >= 4 is 17.6 Å². The molecular formula is C19H23NO3. The van der Waals surface area contributed by atoms with Gasteiger partial charge >= 0.3 is 5.97 Å². The van der Waals surface area contributed by atoms with Crippen LogP contribution in [0.2, 0.25) is 0 Å². The Morgan fingerprint density at radius 3 is 2.35 bits per heavy atom. The molecule has 1 aromatic rings. The van der Waals surface area contributed by atoms with Crippen molar-refractivity contribution in [2.75, 3.05) is 11.4 Å². The molecule has 2 saturated carbocycles. The van der Waals surface area contributed by atoms with Crippen LogP contribution in [-0.4, -0.2) is 23.5 Å². The maximum atomic E-state index is 12.9. The number of benzene rings is 1. The Morgan fingerprint density at radius 1 is 1.04 bits per heavy atom. The highest BCUT2D eigenvalue weighted by Crippen LogP contribution is 2.51. The van der Waals surface area contributed by atoms with Crippen LogP contribution in [-0.2, 0) is 15.0 Å². The van der Waals surface area contributed by atoms with Crippen LogP contribution >= 0.6 is 0 Å². The van der Waals surface area contributed by atoms with Gasteiger partial charge in [0.1, 0.15) is 0 Å². The minimum atomic E-state index is -0.808. The Hall–Kier alpha value is -1.84. The Labute approximate surface area is 136 Å². The molecule has 0 bridgehead atoms. The van der Waals surface area contributed by atoms with Crippen LogP contribution < -0.4 is 4.90 Å². The lowest BCUT2D eigenvalue weighted by molar-refractivity contribution is -0.157. The standard InChI is InChI=1S/C19H23NO3/c21-16(12-18(17(22)23)10-5-11-18)20-13-19(8-3-4-9-19)14-6-1-2-7-15(14)20/h1-2,6-7H,3-5,8-13H2,(H,22,23). The minimum Gasteiger partial charge on any atom is -0.481 e. The van der Waals surface area contributed by atoms with Crippen molar-refractivity contribution in [1.82, 2.24) is 0 Å². The lowest BCUT2D eigenvalue weighted by Crippen LogP contribution is -2.44. The molecule has 4 nitrogen and oxygen atoms in total. The third-order valence-electron chi connectivity index (χ3n) is 6.34. The van der Waals surface area contributed by atoms with E-state index < -0.39 is 11.4 Å². The highest BCUT2D eigenvalue weighted by atomic mass is 16.4. The van der Waals surface area contributed by atoms with E-state index in [9.17, 15) is 14.7 Å². The number of nitrogens with zero attached hydrogens (tertiary/aromatic N) is 1. The quantitative estimate of drug-likeness (QED) is 0.929. The number of amides is 1. The summed E-state index contributed by atoms with van der Waals surface area (Å²) in [5, 5.41) is 9.50. The summed E-state index contributed by atoms with van der Waals surface area (Å²) < 4.78 is 0. The number of carboxylic acid groups (broad SMARTS) is 1. The second-order valence-corrected chi connectivity index (χ2v) is 7.60. The largest absolute Gasteiger partial charge is 0.481 e. The van der Waals surface area contributed by atoms with Gasteiger partial charge in [-0.15, -0.1) is 0 Å². The van der Waals surface area contributed by atoms with Gasteiger partial charge < -0.3 is 10.0 Å². The molecule has 0 aromatic heterocycles. The number of rotatable bonds is 3. The molecule has 2 aliphatic carbocycles. The van der Waals surface area contributed by atoms with Gasteiger partial charge in [0.2, 0.25) is 5.91 Å². The van der Waals surface area contributed by atoms with Crippen molar-refractivity contribution in [3.63, 3.8) is 0 Å². The zero-order valence-corrected chi connectivity index (χ0v) is 13.4. The maximum absolute atomic E-state index is 12.9. The van der Waals surface area contributed by atoms with Crippen LogP contribution in [0.5, 0.6) is 0 Å². The number of para-hydroxylation sites is 1. The lowest BCUT2D eigenvalue weighted by atomic mass is 9.66. The number of fused-ring (bicyclic) bond motifs is 2. The molecule has 1 spiro atoms. The molecule has 23 heavy (non-hydrogen) atoms. The molecule has 1 aliphatic heterocycles. The molecule has 2 fully saturated rings. The molecule has 4 rings (SSSR count). The maximum Gasteiger partial charge on any atom is 0.310 e. The van der Waals surface area contributed by atoms with E-state index in [1.54, 1.807) is 0 Å². The Bertz CT molecular complexity index is 656. The predicted molar refractivity (Wildman–Crippen MR) is 87.5 cm³/mol. The number of hydrogen-bond donors (Lipinski definition) is 1. The number of carboxylic acids is 1. The van der Waals surface area contributed by atoms with Crippen molar-refractivity contribution in [1.29, 1.82) is 0 Å². The number of hydrogen-bond acceptors (Lipinski definition) is 2. The molecule has 0 atom stereocenters. The highest BCUT2D eigenvalue weighted by Gasteiger charge is 2.50. The van der Waals surface area contributed by atoms with Gasteiger partial charge in [-0.05, 0) is 37.3 Å². The molecule has 1 aromatic carbocycles. The summed E-state index contributed by atoms with van der Waals surface area (Å²) in [6.07, 6.45) is 7.04. The van der Waals surface area contributed by atoms with Crippen molar-refractivity contribution in [2.24, 2.45) is 5.41 Å². The van der Waals surface area contributed by atoms with Crippen molar-refractivity contribution in [3.8, 4) is 0 Å². The first-order valence-corrected chi connectivity index (χ1v) is 8.70. The average molecular weight is 313 g/mol. The molecule has 3 aliphatic rings. The Morgan fingerprint density at radius 2 is 1.74 bits per heavy atom. The summed E-state index contributed by atoms with van der Waals surface area (Å²) >= 11 is 0. The van der Waals surface area contributed by atoms with Crippen LogP contribution in [0.15, 0.2) is 24.3 Å². The first kappa shape index (κ1) is 14.7. The van der Waals surface area contributed by atoms with Gasteiger partial charge in [-0.2, -0.15) is 0 Å². The van der Waals surface area contributed by atoms with E-state index in [0.717, 1.165) is 31.5 Å². The zero-order valence-electron chi connectivity index (χ0n) is 13.4. The van der Waals surface area contributed by atoms with E-state index in [1.165, 1.54) is 18.4 Å². The van der Waals surface area contributed by atoms with E-state index in [4.69, 9.17) is 0 Å². The van der Waals surface area contributed by atoms with Gasteiger partial charge in [0.15, 0.2) is 0 Å². The van der Waals surface area contributed by atoms with Crippen molar-refractivity contribution < 1.29 is 14.7 Å². The fourth-order valence-electron chi connectivity index (χ4n) is 4.79. The summed E-state index contributed by atoms with van der Waals surface area (Å²) in [5.74, 6) is -0.816. The third-order valence-corrected chi connectivity index (χ3v) is 6.34. The number of carbonyl (C=O) groups is 2. The molecule has 1 N–H and O–H groups in total. The first-order chi connectivity index (χ1) is 11.1. The minimum absolute atomic E-state index is 0.0108. The zero-order chi connectivity index (χ0) is 16.1. The van der Waals surface area contributed by atoms with Crippen LogP contribution in [0.25, 0.3) is 0 Å². The van der Waals surface area contributed by atoms with Gasteiger partial charge in [-0.3, -0.25) is 9.59 Å². The lowest BCUT2D eigenvalue weighted by Gasteiger charge is -2.38. The highest BCUT2D eigenvalue weighted by molar-refractivity contribution is 5.99. The van der Waals surface area contributed by atoms with Crippen molar-refractivity contribution in [2.45, 2.75) is 56.8 Å². The van der Waals surface area contributed by atoms with E-state index in [1.807, 2.05) is 17.0 Å². The fraction of sp³-hybridized carbons (Fsp3) is 0.579. The number of anilines is 1. The summed E-state index contributed by atoms with van der Waals surface area (Å²) in [6.45, 7) is 0.737. The second kappa shape index (κ2) is 5.08. The van der Waals surface area contributed by atoms with Gasteiger partial charge in [0.25, 0.3) is 0 Å². The SMILES string of the molecule is O=C(CC1(C(=O)O)CCC1)N1CC2(CCCC2)c2ccccc21. The van der Waals surface area contributed by atoms with Crippen LogP contribution in [0.1, 0.15) is 56.9 Å². The molecule has 0 unspecified atom stereocenters. The van der Waals surface area contributed by atoms with Gasteiger partial charge in [-0.25, -0.2) is 0 Å². The van der Waals surface area contributed by atoms with Gasteiger partial charge in [-0.1, -0.05) is 37.5 Å². The summed E-state index contributed by atoms with van der Waals surface area (Å²) in [7, 11) is 0. The van der Waals surface area contributed by atoms with E-state index >= 15 is 0 Å². The van der Waals surface area contributed by atoms with Crippen LogP contribution in [0.3, 0.4) is 0 Å². The molecule has 122 valence electrons. The summed E-state index contributed by atoms with van der Waals surface area (Å²) in [6, 6.07) is 8.21. The van der Waals surface area contributed by atoms with E-state index in [2.05, 4.69) is 12.1 Å². The monoisotopic (exact) mass is 313 g/mol. The molecule has 1 amide bonds. The molecular weight excluding hydrogens is 290 g/mol. The van der Waals surface area contributed by atoms with Crippen LogP contribution in [0.4, 0.5) is 5.69 Å². The number of carbonyl (C=O) groups excluding carboxylic acids is 1. The Balaban J connectivity index is 1.62. The average Bonchev–Trinajstić information content (AvgIpc) is 3.10. The fourth-order valence-corrected chi connectivity index (χ4v) is 4.79. The Kier molecular flexibility index (Phi) is 3.26. The smallest absolute Gasteiger partial charge is 0.310 e. The molecule has 1 heterocycles. The third kappa shape index (κ3) is 2.11. The van der Waals surface area contributed by atoms with E-state index in [-0.39, 0.29) is 17.7 Å². The molecule has 0 saturated heterocycles. The normalized spacial score (nSPS) is 23.6. The topological polar surface area (TPSA) is 57.6 Å². The second-order valence-electron chi connectivity index (χ2n) is 7.60. The van der Waals surface area contributed by atoms with Crippen LogP contribution in [0, 0.1) is 5.41 Å². The van der Waals surface area contributed by atoms with Gasteiger partial charge in [0, 0.05) is 24.1 Å². The van der Waals surface area contributed by atoms with Crippen molar-refractivity contribution in [3.05, 3.63) is 29.8 Å². The molecule has 4 heteroatoms. The first-order valence-electron chi connectivity index (χ1n) is 8.70. The number of aliphatic carboxylic acids is 1. The molecule has 0 radical (unpaired) electrons.